The van der Waals surface area contributed by atoms with E-state index in [0.717, 1.165) is 24.2 Å². The molecular weight excluding hydrogens is 248 g/mol. The monoisotopic (exact) mass is 270 g/mol. The van der Waals surface area contributed by atoms with Crippen LogP contribution >= 0.6 is 0 Å². The summed E-state index contributed by atoms with van der Waals surface area (Å²) in [5, 5.41) is 1.17. The van der Waals surface area contributed by atoms with E-state index in [4.69, 9.17) is 10.5 Å². The van der Waals surface area contributed by atoms with Crippen molar-refractivity contribution in [2.24, 2.45) is 11.7 Å². The number of aromatic nitrogens is 1. The maximum Gasteiger partial charge on any atom is 0.0892 e. The van der Waals surface area contributed by atoms with Gasteiger partial charge in [0.25, 0.3) is 0 Å². The van der Waals surface area contributed by atoms with E-state index in [1.807, 2.05) is 18.2 Å². The Labute approximate surface area is 120 Å². The van der Waals surface area contributed by atoms with Crippen molar-refractivity contribution >= 4 is 10.9 Å². The summed E-state index contributed by atoms with van der Waals surface area (Å²) in [5.41, 5.74) is 7.88. The summed E-state index contributed by atoms with van der Waals surface area (Å²) in [6.45, 7) is 1.32. The number of rotatable bonds is 4. The molecule has 20 heavy (non-hydrogen) atoms. The summed E-state index contributed by atoms with van der Waals surface area (Å²) < 4.78 is 6.08. The second-order valence-electron chi connectivity index (χ2n) is 5.62. The molecule has 0 bridgehead atoms. The minimum absolute atomic E-state index is 0.307. The highest BCUT2D eigenvalue weighted by Gasteiger charge is 2.24. The summed E-state index contributed by atoms with van der Waals surface area (Å²) >= 11 is 0. The first-order valence-electron chi connectivity index (χ1n) is 7.53. The van der Waals surface area contributed by atoms with E-state index in [1.54, 1.807) is 0 Å². The predicted octanol–water partition coefficient (Wildman–Crippen LogP) is 3.27. The van der Waals surface area contributed by atoms with E-state index in [9.17, 15) is 0 Å². The lowest BCUT2D eigenvalue weighted by Crippen LogP contribution is -2.33. The lowest BCUT2D eigenvalue weighted by atomic mass is 9.86. The largest absolute Gasteiger partial charge is 0.372 e. The van der Waals surface area contributed by atoms with Crippen molar-refractivity contribution < 1.29 is 4.74 Å². The number of hydrogen-bond donors (Lipinski definition) is 1. The van der Waals surface area contributed by atoms with Crippen LogP contribution in [-0.4, -0.2) is 17.6 Å². The molecule has 1 saturated carbocycles. The summed E-state index contributed by atoms with van der Waals surface area (Å²) in [7, 11) is 0. The second kappa shape index (κ2) is 6.33. The van der Waals surface area contributed by atoms with Gasteiger partial charge in [-0.15, -0.1) is 0 Å². The van der Waals surface area contributed by atoms with Crippen molar-refractivity contribution in [1.29, 1.82) is 0 Å². The molecule has 3 rings (SSSR count). The van der Waals surface area contributed by atoms with Gasteiger partial charge in [-0.2, -0.15) is 0 Å². The highest BCUT2D eigenvalue weighted by atomic mass is 16.5. The molecule has 0 radical (unpaired) electrons. The minimum atomic E-state index is 0.307. The van der Waals surface area contributed by atoms with Crippen LogP contribution in [0.3, 0.4) is 0 Å². The molecule has 1 aliphatic rings. The average Bonchev–Trinajstić information content (AvgIpc) is 2.53. The Bertz CT molecular complexity index is 570. The molecule has 2 N–H and O–H groups in total. The number of benzene rings is 1. The molecular formula is C17H22N2O. The van der Waals surface area contributed by atoms with Crippen LogP contribution in [0.4, 0.5) is 0 Å². The Hall–Kier alpha value is -1.45. The van der Waals surface area contributed by atoms with Crippen LogP contribution < -0.4 is 5.73 Å². The zero-order chi connectivity index (χ0) is 13.8. The van der Waals surface area contributed by atoms with E-state index in [1.165, 1.54) is 24.6 Å². The Morgan fingerprint density at radius 1 is 1.10 bits per heavy atom. The Kier molecular flexibility index (Phi) is 4.28. The number of nitrogens with zero attached hydrogens (tertiary/aromatic N) is 1. The van der Waals surface area contributed by atoms with E-state index < -0.39 is 0 Å². The minimum Gasteiger partial charge on any atom is -0.372 e. The number of nitrogens with two attached hydrogens (primary N) is 1. The van der Waals surface area contributed by atoms with Crippen molar-refractivity contribution in [2.45, 2.75) is 38.4 Å². The molecule has 0 aliphatic heterocycles. The Morgan fingerprint density at radius 2 is 1.95 bits per heavy atom. The second-order valence-corrected chi connectivity index (χ2v) is 5.62. The normalized spacial score (nSPS) is 23.1. The van der Waals surface area contributed by atoms with Gasteiger partial charge in [0.05, 0.1) is 23.9 Å². The third-order valence-corrected chi connectivity index (χ3v) is 4.24. The van der Waals surface area contributed by atoms with Crippen LogP contribution in [-0.2, 0) is 11.3 Å². The molecule has 2 atom stereocenters. The van der Waals surface area contributed by atoms with Crippen LogP contribution in [0.5, 0.6) is 0 Å². The first-order chi connectivity index (χ1) is 9.86. The summed E-state index contributed by atoms with van der Waals surface area (Å²) in [5.74, 6) is 0.518. The van der Waals surface area contributed by atoms with Crippen molar-refractivity contribution in [3.63, 3.8) is 0 Å². The third kappa shape index (κ3) is 3.00. The molecule has 3 nitrogen and oxygen atoms in total. The summed E-state index contributed by atoms with van der Waals surface area (Å²) in [6, 6.07) is 12.4. The first-order valence-corrected chi connectivity index (χ1v) is 7.53. The lowest BCUT2D eigenvalue weighted by molar-refractivity contribution is -0.0195. The Morgan fingerprint density at radius 3 is 2.85 bits per heavy atom. The zero-order valence-electron chi connectivity index (χ0n) is 11.8. The Balaban J connectivity index is 1.67. The number of para-hydroxylation sites is 1. The number of ether oxygens (including phenoxy) is 1. The molecule has 2 aromatic rings. The van der Waals surface area contributed by atoms with E-state index in [-0.39, 0.29) is 0 Å². The van der Waals surface area contributed by atoms with Gasteiger partial charge in [0.1, 0.15) is 0 Å². The number of fused-ring (bicyclic) bond motifs is 1. The fourth-order valence-corrected chi connectivity index (χ4v) is 3.04. The van der Waals surface area contributed by atoms with Crippen molar-refractivity contribution in [2.75, 3.05) is 6.54 Å². The maximum absolute atomic E-state index is 6.08. The van der Waals surface area contributed by atoms with Gasteiger partial charge >= 0.3 is 0 Å². The van der Waals surface area contributed by atoms with Gasteiger partial charge in [0.2, 0.25) is 0 Å². The van der Waals surface area contributed by atoms with Gasteiger partial charge in [-0.1, -0.05) is 37.1 Å². The van der Waals surface area contributed by atoms with Gasteiger partial charge < -0.3 is 10.5 Å². The van der Waals surface area contributed by atoms with E-state index >= 15 is 0 Å². The molecule has 0 saturated heterocycles. The standard InChI is InChI=1S/C17H22N2O/c18-11-14-6-2-4-8-17(14)20-12-15-10-9-13-5-1-3-7-16(13)19-15/h1,3,5,7,9-10,14,17H,2,4,6,8,11-12,18H2. The lowest BCUT2D eigenvalue weighted by Gasteiger charge is -2.30. The van der Waals surface area contributed by atoms with Gasteiger partial charge in [-0.25, -0.2) is 0 Å². The molecule has 2 unspecified atom stereocenters. The van der Waals surface area contributed by atoms with Crippen LogP contribution in [0.1, 0.15) is 31.4 Å². The number of hydrogen-bond acceptors (Lipinski definition) is 3. The van der Waals surface area contributed by atoms with Gasteiger partial charge in [0, 0.05) is 5.39 Å². The number of pyridine rings is 1. The highest BCUT2D eigenvalue weighted by molar-refractivity contribution is 5.78. The quantitative estimate of drug-likeness (QED) is 0.927. The summed E-state index contributed by atoms with van der Waals surface area (Å²) in [6.07, 6.45) is 5.19. The maximum atomic E-state index is 6.08. The fraction of sp³-hybridized carbons (Fsp3) is 0.471. The SMILES string of the molecule is NCC1CCCCC1OCc1ccc2ccccc2n1. The van der Waals surface area contributed by atoms with Crippen molar-refractivity contribution in [3.05, 3.63) is 42.1 Å². The van der Waals surface area contributed by atoms with Gasteiger partial charge in [-0.05, 0) is 37.4 Å². The molecule has 106 valence electrons. The highest BCUT2D eigenvalue weighted by Crippen LogP contribution is 2.26. The smallest absolute Gasteiger partial charge is 0.0892 e. The topological polar surface area (TPSA) is 48.1 Å². The first kappa shape index (κ1) is 13.5. The molecule has 1 heterocycles. The molecule has 0 spiro atoms. The molecule has 0 amide bonds. The molecule has 1 aromatic heterocycles. The average molecular weight is 270 g/mol. The van der Waals surface area contributed by atoms with Crippen molar-refractivity contribution in [1.82, 2.24) is 4.98 Å². The third-order valence-electron chi connectivity index (χ3n) is 4.24. The van der Waals surface area contributed by atoms with Crippen molar-refractivity contribution in [3.8, 4) is 0 Å². The van der Waals surface area contributed by atoms with Crippen LogP contribution in [0.25, 0.3) is 10.9 Å². The van der Waals surface area contributed by atoms with Gasteiger partial charge in [0.15, 0.2) is 0 Å². The van der Waals surface area contributed by atoms with Crippen LogP contribution in [0.2, 0.25) is 0 Å². The van der Waals surface area contributed by atoms with E-state index in [2.05, 4.69) is 23.2 Å². The fourth-order valence-electron chi connectivity index (χ4n) is 3.04. The van der Waals surface area contributed by atoms with E-state index in [0.29, 0.717) is 18.6 Å². The summed E-state index contributed by atoms with van der Waals surface area (Å²) in [4.78, 5) is 4.65. The molecule has 1 aliphatic carbocycles. The van der Waals surface area contributed by atoms with Crippen LogP contribution in [0, 0.1) is 5.92 Å². The molecule has 3 heteroatoms. The van der Waals surface area contributed by atoms with Crippen LogP contribution in [0.15, 0.2) is 36.4 Å². The molecule has 1 fully saturated rings. The predicted molar refractivity (Wildman–Crippen MR) is 81.3 cm³/mol. The molecule has 1 aromatic carbocycles. The van der Waals surface area contributed by atoms with Gasteiger partial charge in [-0.3, -0.25) is 4.98 Å². The zero-order valence-corrected chi connectivity index (χ0v) is 11.8.